The van der Waals surface area contributed by atoms with Crippen molar-refractivity contribution >= 4 is 0 Å². The van der Waals surface area contributed by atoms with Crippen LogP contribution in [0.15, 0.2) is 54.6 Å². The van der Waals surface area contributed by atoms with Crippen molar-refractivity contribution in [2.75, 3.05) is 0 Å². The largest absolute Gasteiger partial charge is 0.508 e. The Morgan fingerprint density at radius 3 is 2.48 bits per heavy atom. The van der Waals surface area contributed by atoms with E-state index < -0.39 is 0 Å². The van der Waals surface area contributed by atoms with Crippen LogP contribution in [-0.2, 0) is 12.8 Å². The molecule has 0 spiro atoms. The molecule has 0 saturated carbocycles. The van der Waals surface area contributed by atoms with Gasteiger partial charge in [-0.1, -0.05) is 36.4 Å². The second-order valence-corrected chi connectivity index (χ2v) is 7.59. The minimum Gasteiger partial charge on any atom is -0.508 e. The first-order chi connectivity index (χ1) is 12.9. The van der Waals surface area contributed by atoms with Crippen molar-refractivity contribution in [2.24, 2.45) is 5.92 Å². The van der Waals surface area contributed by atoms with Crippen molar-refractivity contribution in [1.82, 2.24) is 0 Å². The number of hydrogen-bond donors (Lipinski definition) is 3. The van der Waals surface area contributed by atoms with Gasteiger partial charge >= 0.3 is 0 Å². The van der Waals surface area contributed by atoms with Gasteiger partial charge in [0, 0.05) is 11.5 Å². The number of rotatable bonds is 5. The average Bonchev–Trinajstić information content (AvgIpc) is 2.65. The van der Waals surface area contributed by atoms with Crippen LogP contribution in [0.5, 0.6) is 17.2 Å². The molecule has 3 nitrogen and oxygen atoms in total. The van der Waals surface area contributed by atoms with Crippen molar-refractivity contribution in [3.63, 3.8) is 0 Å². The summed E-state index contributed by atoms with van der Waals surface area (Å²) in [5.41, 5.74) is 4.56. The molecule has 3 rings (SSSR count). The first-order valence-corrected chi connectivity index (χ1v) is 9.52. The molecule has 0 fully saturated rings. The highest BCUT2D eigenvalue weighted by atomic mass is 16.3. The zero-order valence-corrected chi connectivity index (χ0v) is 16.1. The number of aryl methyl sites for hydroxylation is 2. The van der Waals surface area contributed by atoms with E-state index in [4.69, 9.17) is 0 Å². The Morgan fingerprint density at radius 1 is 1.11 bits per heavy atom. The van der Waals surface area contributed by atoms with Crippen molar-refractivity contribution in [1.29, 1.82) is 0 Å². The molecule has 1 aliphatic rings. The van der Waals surface area contributed by atoms with E-state index >= 15 is 0 Å². The van der Waals surface area contributed by atoms with E-state index in [9.17, 15) is 15.3 Å². The van der Waals surface area contributed by atoms with Gasteiger partial charge in [0.15, 0.2) is 0 Å². The number of benzene rings is 2. The molecule has 3 heteroatoms. The number of allylic oxidation sites excluding steroid dienone is 3. The highest BCUT2D eigenvalue weighted by Gasteiger charge is 2.29. The fraction of sp³-hybridized carbons (Fsp3) is 0.333. The molecule has 3 N–H and O–H groups in total. The number of phenols is 3. The number of phenolic OH excluding ortho intramolecular Hbond substituents is 3. The second kappa shape index (κ2) is 7.91. The Kier molecular flexibility index (Phi) is 5.59. The number of aromatic hydroxyl groups is 3. The zero-order chi connectivity index (χ0) is 19.6. The molecule has 0 amide bonds. The van der Waals surface area contributed by atoms with Crippen LogP contribution < -0.4 is 0 Å². The van der Waals surface area contributed by atoms with Crippen LogP contribution in [0.25, 0.3) is 0 Å². The molecule has 0 heterocycles. The minimum atomic E-state index is -0.0406. The molecule has 0 bridgehead atoms. The zero-order valence-electron chi connectivity index (χ0n) is 16.1. The van der Waals surface area contributed by atoms with Crippen LogP contribution in [0, 0.1) is 12.8 Å². The van der Waals surface area contributed by atoms with Crippen LogP contribution >= 0.6 is 0 Å². The van der Waals surface area contributed by atoms with Crippen LogP contribution in [0.3, 0.4) is 0 Å². The van der Waals surface area contributed by atoms with Gasteiger partial charge in [-0.3, -0.25) is 0 Å². The maximum absolute atomic E-state index is 10.9. The third kappa shape index (κ3) is 4.02. The van der Waals surface area contributed by atoms with Gasteiger partial charge in [0.25, 0.3) is 0 Å². The Hall–Kier alpha value is -2.68. The van der Waals surface area contributed by atoms with E-state index in [-0.39, 0.29) is 29.1 Å². The average molecular weight is 364 g/mol. The van der Waals surface area contributed by atoms with Gasteiger partial charge in [-0.15, -0.1) is 0 Å². The lowest BCUT2D eigenvalue weighted by molar-refractivity contribution is 0.406. The molecule has 0 aromatic heterocycles. The van der Waals surface area contributed by atoms with E-state index in [1.54, 1.807) is 18.2 Å². The fourth-order valence-corrected chi connectivity index (χ4v) is 4.04. The predicted molar refractivity (Wildman–Crippen MR) is 109 cm³/mol. The van der Waals surface area contributed by atoms with E-state index in [2.05, 4.69) is 18.7 Å². The molecule has 2 atom stereocenters. The molecular formula is C24H28O3. The fourth-order valence-electron chi connectivity index (χ4n) is 4.04. The summed E-state index contributed by atoms with van der Waals surface area (Å²) in [5.74, 6) is 0.789. The quantitative estimate of drug-likeness (QED) is 0.612. The first kappa shape index (κ1) is 19.1. The van der Waals surface area contributed by atoms with Gasteiger partial charge in [0.1, 0.15) is 17.2 Å². The Balaban J connectivity index is 1.89. The Morgan fingerprint density at radius 2 is 1.81 bits per heavy atom. The van der Waals surface area contributed by atoms with E-state index in [1.807, 2.05) is 26.0 Å². The molecule has 2 unspecified atom stereocenters. The van der Waals surface area contributed by atoms with E-state index in [1.165, 1.54) is 0 Å². The molecule has 0 saturated heterocycles. The molecule has 2 aromatic rings. The summed E-state index contributed by atoms with van der Waals surface area (Å²) < 4.78 is 0. The predicted octanol–water partition coefficient (Wildman–Crippen LogP) is 5.52. The van der Waals surface area contributed by atoms with Crippen LogP contribution in [0.4, 0.5) is 0 Å². The summed E-state index contributed by atoms with van der Waals surface area (Å²) in [7, 11) is 0. The standard InChI is InChI=1S/C24H28O3/c1-15(2)20-6-4-5-7-21(20)23-22(26)14-18(16(3)24(23)27)11-8-17-9-12-19(25)13-10-17/h5,7,9-10,12-14,20-21,25-27H,1,4,6,8,11H2,2-3H3. The highest BCUT2D eigenvalue weighted by Crippen LogP contribution is 2.46. The lowest BCUT2D eigenvalue weighted by Crippen LogP contribution is -2.16. The smallest absolute Gasteiger partial charge is 0.126 e. The summed E-state index contributed by atoms with van der Waals surface area (Å²) in [4.78, 5) is 0. The van der Waals surface area contributed by atoms with Gasteiger partial charge in [-0.05, 0) is 80.3 Å². The Labute approximate surface area is 161 Å². The maximum atomic E-state index is 10.9. The van der Waals surface area contributed by atoms with E-state index in [0.29, 0.717) is 12.0 Å². The summed E-state index contributed by atoms with van der Waals surface area (Å²) in [5, 5.41) is 31.0. The molecular weight excluding hydrogens is 336 g/mol. The summed E-state index contributed by atoms with van der Waals surface area (Å²) in [6.07, 6.45) is 7.68. The summed E-state index contributed by atoms with van der Waals surface area (Å²) >= 11 is 0. The topological polar surface area (TPSA) is 60.7 Å². The molecule has 27 heavy (non-hydrogen) atoms. The van der Waals surface area contributed by atoms with Crippen molar-refractivity contribution < 1.29 is 15.3 Å². The van der Waals surface area contributed by atoms with Crippen LogP contribution in [0.2, 0.25) is 0 Å². The Bertz CT molecular complexity index is 862. The van der Waals surface area contributed by atoms with Gasteiger partial charge in [0.2, 0.25) is 0 Å². The number of hydrogen-bond acceptors (Lipinski definition) is 3. The van der Waals surface area contributed by atoms with E-state index in [0.717, 1.165) is 41.5 Å². The van der Waals surface area contributed by atoms with Gasteiger partial charge in [-0.25, -0.2) is 0 Å². The monoisotopic (exact) mass is 364 g/mol. The first-order valence-electron chi connectivity index (χ1n) is 9.52. The second-order valence-electron chi connectivity index (χ2n) is 7.59. The lowest BCUT2D eigenvalue weighted by Gasteiger charge is -2.30. The van der Waals surface area contributed by atoms with Gasteiger partial charge in [-0.2, -0.15) is 0 Å². The molecule has 0 aliphatic heterocycles. The molecule has 2 aromatic carbocycles. The summed E-state index contributed by atoms with van der Waals surface area (Å²) in [6, 6.07) is 8.93. The van der Waals surface area contributed by atoms with Crippen LogP contribution in [-0.4, -0.2) is 15.3 Å². The minimum absolute atomic E-state index is 0.0406. The van der Waals surface area contributed by atoms with Crippen molar-refractivity contribution in [2.45, 2.75) is 45.4 Å². The molecule has 142 valence electrons. The van der Waals surface area contributed by atoms with Gasteiger partial charge < -0.3 is 15.3 Å². The highest BCUT2D eigenvalue weighted by molar-refractivity contribution is 5.56. The van der Waals surface area contributed by atoms with Crippen molar-refractivity contribution in [3.05, 3.63) is 76.9 Å². The van der Waals surface area contributed by atoms with Crippen LogP contribution in [0.1, 0.15) is 47.9 Å². The lowest BCUT2D eigenvalue weighted by atomic mass is 9.75. The normalized spacial score (nSPS) is 19.2. The maximum Gasteiger partial charge on any atom is 0.126 e. The molecule has 0 radical (unpaired) electrons. The molecule has 1 aliphatic carbocycles. The van der Waals surface area contributed by atoms with Gasteiger partial charge in [0.05, 0.1) is 0 Å². The summed E-state index contributed by atoms with van der Waals surface area (Å²) in [6.45, 7) is 8.04. The third-order valence-electron chi connectivity index (χ3n) is 5.69. The van der Waals surface area contributed by atoms with Crippen molar-refractivity contribution in [3.8, 4) is 17.2 Å². The SMILES string of the molecule is C=C(C)C1CCC=CC1c1c(O)cc(CCc2ccc(O)cc2)c(C)c1O. The third-order valence-corrected chi connectivity index (χ3v) is 5.69.